The number of hydrogen-bond acceptors (Lipinski definition) is 3. The van der Waals surface area contributed by atoms with Crippen molar-refractivity contribution in [2.24, 2.45) is 0 Å². The smallest absolute Gasteiger partial charge is 0.126 e. The summed E-state index contributed by atoms with van der Waals surface area (Å²) in [6.07, 6.45) is 4.13. The van der Waals surface area contributed by atoms with Crippen LogP contribution in [0.3, 0.4) is 0 Å². The SMILES string of the molecule is COc1ccc(OC)c(C=CCNC(C)(C)C)c1. The third-order valence-corrected chi connectivity index (χ3v) is 2.48. The van der Waals surface area contributed by atoms with E-state index in [0.717, 1.165) is 23.6 Å². The van der Waals surface area contributed by atoms with Gasteiger partial charge in [-0.25, -0.2) is 0 Å². The molecule has 0 atom stereocenters. The molecule has 0 bridgehead atoms. The van der Waals surface area contributed by atoms with Gasteiger partial charge in [0.2, 0.25) is 0 Å². The lowest BCUT2D eigenvalue weighted by Crippen LogP contribution is -2.35. The molecule has 0 aliphatic carbocycles. The molecule has 0 aromatic heterocycles. The second-order valence-corrected chi connectivity index (χ2v) is 5.14. The van der Waals surface area contributed by atoms with Crippen LogP contribution < -0.4 is 14.8 Å². The molecule has 0 radical (unpaired) electrons. The van der Waals surface area contributed by atoms with Crippen LogP contribution in [0.5, 0.6) is 11.5 Å². The highest BCUT2D eigenvalue weighted by Gasteiger charge is 2.06. The number of nitrogens with one attached hydrogen (secondary N) is 1. The second-order valence-electron chi connectivity index (χ2n) is 5.14. The van der Waals surface area contributed by atoms with Crippen LogP contribution in [0.2, 0.25) is 0 Å². The van der Waals surface area contributed by atoms with Crippen LogP contribution in [0.15, 0.2) is 24.3 Å². The molecule has 0 amide bonds. The Morgan fingerprint density at radius 1 is 1.17 bits per heavy atom. The predicted octanol–water partition coefficient (Wildman–Crippen LogP) is 3.11. The lowest BCUT2D eigenvalue weighted by molar-refractivity contribution is 0.402. The van der Waals surface area contributed by atoms with E-state index in [1.165, 1.54) is 0 Å². The van der Waals surface area contributed by atoms with Crippen LogP contribution in [0.4, 0.5) is 0 Å². The van der Waals surface area contributed by atoms with Gasteiger partial charge >= 0.3 is 0 Å². The van der Waals surface area contributed by atoms with E-state index in [9.17, 15) is 0 Å². The van der Waals surface area contributed by atoms with Crippen molar-refractivity contribution in [3.05, 3.63) is 29.8 Å². The number of ether oxygens (including phenoxy) is 2. The van der Waals surface area contributed by atoms with Crippen LogP contribution >= 0.6 is 0 Å². The average Bonchev–Trinajstić information content (AvgIpc) is 2.33. The van der Waals surface area contributed by atoms with Gasteiger partial charge in [0.25, 0.3) is 0 Å². The van der Waals surface area contributed by atoms with E-state index < -0.39 is 0 Å². The van der Waals surface area contributed by atoms with Gasteiger partial charge in [-0.1, -0.05) is 12.2 Å². The van der Waals surface area contributed by atoms with Gasteiger partial charge in [-0.05, 0) is 39.0 Å². The third-order valence-electron chi connectivity index (χ3n) is 2.48. The summed E-state index contributed by atoms with van der Waals surface area (Å²) in [5.74, 6) is 1.68. The zero-order valence-electron chi connectivity index (χ0n) is 11.9. The lowest BCUT2D eigenvalue weighted by Gasteiger charge is -2.19. The monoisotopic (exact) mass is 249 g/mol. The van der Waals surface area contributed by atoms with Crippen LogP contribution in [0.1, 0.15) is 26.3 Å². The standard InChI is InChI=1S/C15H23NO2/c1-15(2,3)16-10-6-7-12-11-13(17-4)8-9-14(12)18-5/h6-9,11,16H,10H2,1-5H3. The molecule has 0 saturated carbocycles. The lowest BCUT2D eigenvalue weighted by atomic mass is 10.1. The zero-order chi connectivity index (χ0) is 13.6. The van der Waals surface area contributed by atoms with Gasteiger partial charge in [-0.3, -0.25) is 0 Å². The number of benzene rings is 1. The molecular formula is C15H23NO2. The zero-order valence-corrected chi connectivity index (χ0v) is 11.9. The summed E-state index contributed by atoms with van der Waals surface area (Å²) in [5, 5.41) is 3.40. The maximum Gasteiger partial charge on any atom is 0.126 e. The van der Waals surface area contributed by atoms with E-state index in [4.69, 9.17) is 9.47 Å². The van der Waals surface area contributed by atoms with Crippen molar-refractivity contribution in [2.75, 3.05) is 20.8 Å². The Kier molecular flexibility index (Phi) is 5.23. The van der Waals surface area contributed by atoms with Crippen molar-refractivity contribution in [1.29, 1.82) is 0 Å². The Morgan fingerprint density at radius 2 is 1.89 bits per heavy atom. The average molecular weight is 249 g/mol. The van der Waals surface area contributed by atoms with Gasteiger partial charge in [-0.15, -0.1) is 0 Å². The number of rotatable bonds is 5. The van der Waals surface area contributed by atoms with Crippen molar-refractivity contribution in [1.82, 2.24) is 5.32 Å². The normalized spacial score (nSPS) is 11.8. The first-order valence-corrected chi connectivity index (χ1v) is 6.10. The van der Waals surface area contributed by atoms with E-state index in [1.54, 1.807) is 14.2 Å². The summed E-state index contributed by atoms with van der Waals surface area (Å²) in [4.78, 5) is 0. The summed E-state index contributed by atoms with van der Waals surface area (Å²) >= 11 is 0. The Morgan fingerprint density at radius 3 is 2.44 bits per heavy atom. The molecule has 0 saturated heterocycles. The molecule has 18 heavy (non-hydrogen) atoms. The molecule has 3 heteroatoms. The minimum Gasteiger partial charge on any atom is -0.497 e. The van der Waals surface area contributed by atoms with E-state index in [0.29, 0.717) is 0 Å². The molecule has 0 aliphatic rings. The quantitative estimate of drug-likeness (QED) is 0.869. The van der Waals surface area contributed by atoms with Gasteiger partial charge in [0.15, 0.2) is 0 Å². The van der Waals surface area contributed by atoms with Crippen molar-refractivity contribution in [3.63, 3.8) is 0 Å². The topological polar surface area (TPSA) is 30.5 Å². The van der Waals surface area contributed by atoms with E-state index in [1.807, 2.05) is 24.3 Å². The Balaban J connectivity index is 2.72. The second kappa shape index (κ2) is 6.45. The molecule has 1 N–H and O–H groups in total. The highest BCUT2D eigenvalue weighted by atomic mass is 16.5. The maximum atomic E-state index is 5.32. The highest BCUT2D eigenvalue weighted by Crippen LogP contribution is 2.24. The Labute approximate surface area is 110 Å². The van der Waals surface area contributed by atoms with Gasteiger partial charge in [-0.2, -0.15) is 0 Å². The molecule has 1 rings (SSSR count). The maximum absolute atomic E-state index is 5.32. The molecule has 0 heterocycles. The van der Waals surface area contributed by atoms with Crippen molar-refractivity contribution < 1.29 is 9.47 Å². The van der Waals surface area contributed by atoms with Gasteiger partial charge < -0.3 is 14.8 Å². The molecule has 0 aliphatic heterocycles. The molecule has 100 valence electrons. The molecule has 3 nitrogen and oxygen atoms in total. The highest BCUT2D eigenvalue weighted by molar-refractivity contribution is 5.59. The van der Waals surface area contributed by atoms with Crippen molar-refractivity contribution in [2.45, 2.75) is 26.3 Å². The van der Waals surface area contributed by atoms with Gasteiger partial charge in [0, 0.05) is 17.6 Å². The Bertz CT molecular complexity index is 405. The van der Waals surface area contributed by atoms with Crippen LogP contribution in [0.25, 0.3) is 6.08 Å². The summed E-state index contributed by atoms with van der Waals surface area (Å²) in [7, 11) is 3.34. The first-order chi connectivity index (χ1) is 8.46. The van der Waals surface area contributed by atoms with Crippen molar-refractivity contribution in [3.8, 4) is 11.5 Å². The molecular weight excluding hydrogens is 226 g/mol. The van der Waals surface area contributed by atoms with Crippen LogP contribution in [-0.4, -0.2) is 26.3 Å². The van der Waals surface area contributed by atoms with E-state index >= 15 is 0 Å². The largest absolute Gasteiger partial charge is 0.497 e. The summed E-state index contributed by atoms with van der Waals surface area (Å²) < 4.78 is 10.5. The fourth-order valence-electron chi connectivity index (χ4n) is 1.52. The fourth-order valence-corrected chi connectivity index (χ4v) is 1.52. The number of methoxy groups -OCH3 is 2. The molecule has 0 fully saturated rings. The molecule has 1 aromatic rings. The third kappa shape index (κ3) is 4.80. The molecule has 0 unspecified atom stereocenters. The van der Waals surface area contributed by atoms with E-state index in [2.05, 4.69) is 32.2 Å². The summed E-state index contributed by atoms with van der Waals surface area (Å²) in [6.45, 7) is 7.26. The van der Waals surface area contributed by atoms with Gasteiger partial charge in [0.05, 0.1) is 14.2 Å². The van der Waals surface area contributed by atoms with Crippen LogP contribution in [-0.2, 0) is 0 Å². The Hall–Kier alpha value is -1.48. The predicted molar refractivity (Wildman–Crippen MR) is 76.3 cm³/mol. The minimum atomic E-state index is 0.128. The minimum absolute atomic E-state index is 0.128. The molecule has 1 aromatic carbocycles. The van der Waals surface area contributed by atoms with Crippen LogP contribution in [0, 0.1) is 0 Å². The summed E-state index contributed by atoms with van der Waals surface area (Å²) in [6, 6.07) is 5.77. The first-order valence-electron chi connectivity index (χ1n) is 6.10. The van der Waals surface area contributed by atoms with E-state index in [-0.39, 0.29) is 5.54 Å². The van der Waals surface area contributed by atoms with Gasteiger partial charge in [0.1, 0.15) is 11.5 Å². The summed E-state index contributed by atoms with van der Waals surface area (Å²) in [5.41, 5.74) is 1.15. The first kappa shape index (κ1) is 14.6. The van der Waals surface area contributed by atoms with Crippen molar-refractivity contribution >= 4 is 6.08 Å². The number of hydrogen-bond donors (Lipinski definition) is 1. The molecule has 0 spiro atoms. The fraction of sp³-hybridized carbons (Fsp3) is 0.467.